The summed E-state index contributed by atoms with van der Waals surface area (Å²) in [5, 5.41) is 0.233. The van der Waals surface area contributed by atoms with E-state index in [1.165, 1.54) is 4.90 Å². The van der Waals surface area contributed by atoms with Crippen molar-refractivity contribution in [3.05, 3.63) is 16.2 Å². The van der Waals surface area contributed by atoms with Crippen molar-refractivity contribution in [1.29, 1.82) is 0 Å². The average molecular weight is 371 g/mol. The molecule has 0 radical (unpaired) electrons. The molecule has 1 amide bonds. The smallest absolute Gasteiger partial charge is 0.248 e. The molecule has 3 heterocycles. The topological polar surface area (TPSA) is 67.8 Å². The van der Waals surface area contributed by atoms with Gasteiger partial charge in [-0.15, -0.1) is 11.3 Å². The molecule has 1 aliphatic heterocycles. The summed E-state index contributed by atoms with van der Waals surface area (Å²) in [5.74, 6) is 0.780. The number of fused-ring (bicyclic) bond motifs is 1. The number of morpholine rings is 1. The van der Waals surface area contributed by atoms with E-state index in [0.717, 1.165) is 34.0 Å². The number of rotatable bonds is 5. The third kappa shape index (κ3) is 3.94. The predicted octanol–water partition coefficient (Wildman–Crippen LogP) is 1.79. The molecule has 3 rings (SSSR count). The van der Waals surface area contributed by atoms with Gasteiger partial charge in [0.1, 0.15) is 6.61 Å². The van der Waals surface area contributed by atoms with Gasteiger partial charge in [-0.2, -0.15) is 4.98 Å². The van der Waals surface area contributed by atoms with Gasteiger partial charge < -0.3 is 19.3 Å². The Bertz CT molecular complexity index is 731. The zero-order valence-electron chi connectivity index (χ0n) is 13.6. The molecule has 0 atom stereocenters. The molecule has 9 heteroatoms. The second-order valence-corrected chi connectivity index (χ2v) is 7.10. The summed E-state index contributed by atoms with van der Waals surface area (Å²) >= 11 is 7.65. The molecule has 0 bridgehead atoms. The Morgan fingerprint density at radius 1 is 1.42 bits per heavy atom. The van der Waals surface area contributed by atoms with Crippen LogP contribution in [0.3, 0.4) is 0 Å². The number of aromatic nitrogens is 2. The van der Waals surface area contributed by atoms with Gasteiger partial charge in [-0.3, -0.25) is 4.79 Å². The van der Waals surface area contributed by atoms with Gasteiger partial charge in [-0.1, -0.05) is 0 Å². The molecule has 1 fully saturated rings. The maximum Gasteiger partial charge on any atom is 0.248 e. The van der Waals surface area contributed by atoms with Gasteiger partial charge in [0.15, 0.2) is 5.82 Å². The monoisotopic (exact) mass is 370 g/mol. The van der Waals surface area contributed by atoms with Gasteiger partial charge in [0, 0.05) is 32.1 Å². The van der Waals surface area contributed by atoms with Crippen LogP contribution in [0.2, 0.25) is 5.28 Å². The van der Waals surface area contributed by atoms with Gasteiger partial charge in [0.05, 0.1) is 30.0 Å². The molecular formula is C15H19ClN4O3S. The van der Waals surface area contributed by atoms with Crippen LogP contribution >= 0.6 is 22.9 Å². The number of halogens is 1. The van der Waals surface area contributed by atoms with E-state index in [-0.39, 0.29) is 17.8 Å². The van der Waals surface area contributed by atoms with Gasteiger partial charge in [0.25, 0.3) is 0 Å². The van der Waals surface area contributed by atoms with Crippen LogP contribution in [0.1, 0.15) is 4.88 Å². The number of thiophene rings is 1. The number of likely N-dealkylation sites (N-methyl/N-ethyl adjacent to an activating group) is 1. The van der Waals surface area contributed by atoms with E-state index < -0.39 is 0 Å². The third-order valence-corrected chi connectivity index (χ3v) is 4.92. The molecule has 0 spiro atoms. The minimum absolute atomic E-state index is 0.0595. The lowest BCUT2D eigenvalue weighted by Gasteiger charge is -2.28. The average Bonchev–Trinajstić information content (AvgIpc) is 2.97. The number of nitrogens with zero attached hydrogens (tertiary/aromatic N) is 4. The summed E-state index contributed by atoms with van der Waals surface area (Å²) in [4.78, 5) is 24.9. The Kier molecular flexibility index (Phi) is 5.50. The summed E-state index contributed by atoms with van der Waals surface area (Å²) in [7, 11) is 3.41. The van der Waals surface area contributed by atoms with Crippen molar-refractivity contribution >= 4 is 44.9 Å². The Morgan fingerprint density at radius 3 is 2.88 bits per heavy atom. The van der Waals surface area contributed by atoms with E-state index in [4.69, 9.17) is 21.1 Å². The Hall–Kier alpha value is -1.48. The summed E-state index contributed by atoms with van der Waals surface area (Å²) < 4.78 is 11.9. The van der Waals surface area contributed by atoms with Gasteiger partial charge >= 0.3 is 0 Å². The number of hydrogen-bond donors (Lipinski definition) is 0. The highest BCUT2D eigenvalue weighted by atomic mass is 35.5. The first-order chi connectivity index (χ1) is 11.5. The molecule has 0 N–H and O–H groups in total. The van der Waals surface area contributed by atoms with Crippen LogP contribution in [0.5, 0.6) is 0 Å². The zero-order valence-corrected chi connectivity index (χ0v) is 15.2. The Balaban J connectivity index is 1.78. The maximum atomic E-state index is 11.6. The fraction of sp³-hybridized carbons (Fsp3) is 0.533. The fourth-order valence-corrected chi connectivity index (χ4v) is 3.59. The van der Waals surface area contributed by atoms with Crippen LogP contribution in [0.25, 0.3) is 10.2 Å². The Labute approximate surface area is 149 Å². The highest BCUT2D eigenvalue weighted by Crippen LogP contribution is 2.33. The fourth-order valence-electron chi connectivity index (χ4n) is 2.37. The normalized spacial score (nSPS) is 15.0. The molecule has 0 unspecified atom stereocenters. The van der Waals surface area contributed by atoms with E-state index in [0.29, 0.717) is 19.8 Å². The van der Waals surface area contributed by atoms with Crippen LogP contribution in [0.15, 0.2) is 6.07 Å². The molecule has 7 nitrogen and oxygen atoms in total. The molecule has 1 aliphatic rings. The quantitative estimate of drug-likeness (QED) is 0.747. The first kappa shape index (κ1) is 17.3. The zero-order chi connectivity index (χ0) is 17.1. The number of amides is 1. The second-order valence-electron chi connectivity index (χ2n) is 5.62. The van der Waals surface area contributed by atoms with Gasteiger partial charge in [0.2, 0.25) is 11.2 Å². The molecule has 24 heavy (non-hydrogen) atoms. The van der Waals surface area contributed by atoms with E-state index >= 15 is 0 Å². The molecule has 0 aromatic carbocycles. The van der Waals surface area contributed by atoms with E-state index in [9.17, 15) is 4.79 Å². The summed E-state index contributed by atoms with van der Waals surface area (Å²) in [6.45, 7) is 3.34. The minimum atomic E-state index is -0.0621. The molecule has 2 aromatic heterocycles. The van der Waals surface area contributed by atoms with Gasteiger partial charge in [-0.05, 0) is 17.7 Å². The van der Waals surface area contributed by atoms with Crippen molar-refractivity contribution in [2.75, 3.05) is 51.9 Å². The first-order valence-corrected chi connectivity index (χ1v) is 8.80. The minimum Gasteiger partial charge on any atom is -0.378 e. The maximum absolute atomic E-state index is 11.6. The molecular weight excluding hydrogens is 352 g/mol. The molecule has 0 saturated carbocycles. The molecule has 2 aromatic rings. The van der Waals surface area contributed by atoms with Crippen molar-refractivity contribution in [3.8, 4) is 0 Å². The number of carbonyl (C=O) groups is 1. The Morgan fingerprint density at radius 2 is 2.17 bits per heavy atom. The van der Waals surface area contributed by atoms with Crippen molar-refractivity contribution < 1.29 is 14.3 Å². The highest BCUT2D eigenvalue weighted by Gasteiger charge is 2.19. The van der Waals surface area contributed by atoms with Crippen molar-refractivity contribution in [3.63, 3.8) is 0 Å². The van der Waals surface area contributed by atoms with Crippen LogP contribution in [-0.2, 0) is 20.9 Å². The first-order valence-electron chi connectivity index (χ1n) is 7.61. The van der Waals surface area contributed by atoms with Crippen LogP contribution < -0.4 is 4.90 Å². The molecule has 130 valence electrons. The highest BCUT2D eigenvalue weighted by molar-refractivity contribution is 7.19. The third-order valence-electron chi connectivity index (χ3n) is 3.66. The van der Waals surface area contributed by atoms with Crippen molar-refractivity contribution in [1.82, 2.24) is 14.9 Å². The van der Waals surface area contributed by atoms with Crippen LogP contribution in [0, 0.1) is 0 Å². The second kappa shape index (κ2) is 7.60. The summed E-state index contributed by atoms with van der Waals surface area (Å²) in [5.41, 5.74) is 0.805. The van der Waals surface area contributed by atoms with Crippen LogP contribution in [0.4, 0.5) is 5.82 Å². The standard InChI is InChI=1S/C15H19ClN4O3S/c1-19(2)12(21)9-23-8-10-7-11-13(24-10)14(18-15(16)17-11)20-3-5-22-6-4-20/h7H,3-6,8-9H2,1-2H3. The van der Waals surface area contributed by atoms with E-state index in [1.807, 2.05) is 6.07 Å². The number of carbonyl (C=O) groups excluding carboxylic acids is 1. The number of ether oxygens (including phenoxy) is 2. The SMILES string of the molecule is CN(C)C(=O)COCc1cc2nc(Cl)nc(N3CCOCC3)c2s1. The van der Waals surface area contributed by atoms with Gasteiger partial charge in [-0.25, -0.2) is 4.98 Å². The number of hydrogen-bond acceptors (Lipinski definition) is 7. The summed E-state index contributed by atoms with van der Waals surface area (Å²) in [6.07, 6.45) is 0. The lowest BCUT2D eigenvalue weighted by atomic mass is 10.3. The van der Waals surface area contributed by atoms with E-state index in [1.54, 1.807) is 25.4 Å². The largest absolute Gasteiger partial charge is 0.378 e. The molecule has 0 aliphatic carbocycles. The van der Waals surface area contributed by atoms with E-state index in [2.05, 4.69) is 14.9 Å². The van der Waals surface area contributed by atoms with Crippen molar-refractivity contribution in [2.45, 2.75) is 6.61 Å². The van der Waals surface area contributed by atoms with Crippen LogP contribution in [-0.4, -0.2) is 67.8 Å². The van der Waals surface area contributed by atoms with Crippen molar-refractivity contribution in [2.24, 2.45) is 0 Å². The predicted molar refractivity (Wildman–Crippen MR) is 93.8 cm³/mol. The lowest BCUT2D eigenvalue weighted by molar-refractivity contribution is -0.133. The lowest BCUT2D eigenvalue weighted by Crippen LogP contribution is -2.36. The number of anilines is 1. The summed E-state index contributed by atoms with van der Waals surface area (Å²) in [6, 6.07) is 1.94. The molecule has 1 saturated heterocycles.